The zero-order chi connectivity index (χ0) is 18.5. The molecule has 132 valence electrons. The van der Waals surface area contributed by atoms with Crippen LogP contribution in [0.2, 0.25) is 0 Å². The molecule has 0 aliphatic heterocycles. The van der Waals surface area contributed by atoms with Gasteiger partial charge in [-0.25, -0.2) is 4.98 Å². The first-order chi connectivity index (χ1) is 12.5. The molecule has 0 unspecified atom stereocenters. The Morgan fingerprint density at radius 2 is 1.81 bits per heavy atom. The van der Waals surface area contributed by atoms with E-state index >= 15 is 0 Å². The molecule has 0 amide bonds. The number of nitrogen functional groups attached to an aromatic ring is 1. The number of benzene rings is 2. The second-order valence-corrected chi connectivity index (χ2v) is 6.03. The summed E-state index contributed by atoms with van der Waals surface area (Å²) in [7, 11) is 3.26. The molecule has 1 aromatic heterocycles. The monoisotopic (exact) mass is 347 g/mol. The van der Waals surface area contributed by atoms with Crippen molar-refractivity contribution < 1.29 is 4.74 Å². The molecule has 1 heterocycles. The number of methoxy groups -OCH3 is 1. The van der Waals surface area contributed by atoms with Crippen molar-refractivity contribution in [3.05, 3.63) is 87.3 Å². The highest BCUT2D eigenvalue weighted by molar-refractivity contribution is 5.70. The quantitative estimate of drug-likeness (QED) is 0.720. The van der Waals surface area contributed by atoms with Crippen molar-refractivity contribution in [3.63, 3.8) is 0 Å². The second kappa shape index (κ2) is 7.70. The SMILES string of the molecule is COc1ccc(C=Cc2cccc(Cc3cc(=O)n(C)c(N)n3)c2)cc1. The molecule has 3 rings (SSSR count). The molecule has 0 bridgehead atoms. The Kier molecular flexibility index (Phi) is 5.17. The average molecular weight is 347 g/mol. The lowest BCUT2D eigenvalue weighted by Crippen LogP contribution is -2.21. The van der Waals surface area contributed by atoms with Gasteiger partial charge in [0.15, 0.2) is 0 Å². The van der Waals surface area contributed by atoms with Crippen LogP contribution in [0.15, 0.2) is 59.4 Å². The van der Waals surface area contributed by atoms with Gasteiger partial charge in [0.1, 0.15) is 5.75 Å². The van der Waals surface area contributed by atoms with Gasteiger partial charge in [-0.15, -0.1) is 0 Å². The van der Waals surface area contributed by atoms with Crippen LogP contribution in [0.25, 0.3) is 12.2 Å². The normalized spacial score (nSPS) is 11.0. The zero-order valence-corrected chi connectivity index (χ0v) is 14.8. The molecule has 0 radical (unpaired) electrons. The van der Waals surface area contributed by atoms with Crippen molar-refractivity contribution in [2.24, 2.45) is 7.05 Å². The minimum atomic E-state index is -0.150. The molecule has 0 spiro atoms. The topological polar surface area (TPSA) is 70.1 Å². The van der Waals surface area contributed by atoms with Gasteiger partial charge < -0.3 is 10.5 Å². The third kappa shape index (κ3) is 4.19. The summed E-state index contributed by atoms with van der Waals surface area (Å²) < 4.78 is 6.50. The Morgan fingerprint density at radius 3 is 2.50 bits per heavy atom. The summed E-state index contributed by atoms with van der Waals surface area (Å²) in [5.74, 6) is 1.06. The Morgan fingerprint density at radius 1 is 1.08 bits per heavy atom. The standard InChI is InChI=1S/C21H21N3O2/c1-24-20(25)14-18(23-21(24)22)13-17-5-3-4-16(12-17)7-6-15-8-10-19(26-2)11-9-15/h3-12,14H,13H2,1-2H3,(H2,22,23). The van der Waals surface area contributed by atoms with Gasteiger partial charge in [-0.2, -0.15) is 0 Å². The van der Waals surface area contributed by atoms with Crippen molar-refractivity contribution in [2.75, 3.05) is 12.8 Å². The molecule has 0 fully saturated rings. The number of hydrogen-bond acceptors (Lipinski definition) is 4. The van der Waals surface area contributed by atoms with Crippen LogP contribution >= 0.6 is 0 Å². The van der Waals surface area contributed by atoms with E-state index < -0.39 is 0 Å². The fourth-order valence-corrected chi connectivity index (χ4v) is 2.62. The summed E-state index contributed by atoms with van der Waals surface area (Å²) in [5, 5.41) is 0. The van der Waals surface area contributed by atoms with E-state index in [-0.39, 0.29) is 11.5 Å². The fourth-order valence-electron chi connectivity index (χ4n) is 2.62. The molecule has 0 atom stereocenters. The first kappa shape index (κ1) is 17.5. The molecular weight excluding hydrogens is 326 g/mol. The zero-order valence-electron chi connectivity index (χ0n) is 14.8. The lowest BCUT2D eigenvalue weighted by atomic mass is 10.1. The molecule has 5 heteroatoms. The molecule has 0 aliphatic carbocycles. The molecule has 2 N–H and O–H groups in total. The fraction of sp³-hybridized carbons (Fsp3) is 0.143. The molecule has 0 saturated carbocycles. The van der Waals surface area contributed by atoms with E-state index in [0.29, 0.717) is 12.1 Å². The Hall–Kier alpha value is -3.34. The third-order valence-electron chi connectivity index (χ3n) is 4.14. The van der Waals surface area contributed by atoms with Gasteiger partial charge in [-0.05, 0) is 28.8 Å². The molecular formula is C21H21N3O2. The summed E-state index contributed by atoms with van der Waals surface area (Å²) in [5.41, 5.74) is 9.53. The number of nitrogens with zero attached hydrogens (tertiary/aromatic N) is 2. The van der Waals surface area contributed by atoms with Crippen molar-refractivity contribution in [2.45, 2.75) is 6.42 Å². The highest BCUT2D eigenvalue weighted by Gasteiger charge is 2.04. The lowest BCUT2D eigenvalue weighted by molar-refractivity contribution is 0.415. The highest BCUT2D eigenvalue weighted by atomic mass is 16.5. The van der Waals surface area contributed by atoms with E-state index in [1.165, 1.54) is 10.6 Å². The number of ether oxygens (including phenoxy) is 1. The molecule has 5 nitrogen and oxygen atoms in total. The largest absolute Gasteiger partial charge is 0.497 e. The number of anilines is 1. The minimum Gasteiger partial charge on any atom is -0.497 e. The van der Waals surface area contributed by atoms with Gasteiger partial charge in [0.2, 0.25) is 5.95 Å². The van der Waals surface area contributed by atoms with Crippen LogP contribution in [0.3, 0.4) is 0 Å². The number of nitrogens with two attached hydrogens (primary N) is 1. The van der Waals surface area contributed by atoms with E-state index in [9.17, 15) is 4.79 Å². The number of aromatic nitrogens is 2. The Bertz CT molecular complexity index is 989. The van der Waals surface area contributed by atoms with E-state index in [1.54, 1.807) is 14.2 Å². The minimum absolute atomic E-state index is 0.150. The molecule has 26 heavy (non-hydrogen) atoms. The van der Waals surface area contributed by atoms with Crippen LogP contribution in [0, 0.1) is 0 Å². The summed E-state index contributed by atoms with van der Waals surface area (Å²) in [6.45, 7) is 0. The predicted molar refractivity (Wildman–Crippen MR) is 105 cm³/mol. The van der Waals surface area contributed by atoms with Gasteiger partial charge >= 0.3 is 0 Å². The van der Waals surface area contributed by atoms with E-state index in [4.69, 9.17) is 10.5 Å². The van der Waals surface area contributed by atoms with Gasteiger partial charge in [-0.1, -0.05) is 48.6 Å². The predicted octanol–water partition coefficient (Wildman–Crippen LogP) is 3.13. The maximum atomic E-state index is 11.8. The van der Waals surface area contributed by atoms with Crippen LogP contribution in [0.5, 0.6) is 5.75 Å². The molecule has 2 aromatic carbocycles. The summed E-state index contributed by atoms with van der Waals surface area (Å²) in [6, 6.07) is 17.5. The van der Waals surface area contributed by atoms with Gasteiger partial charge in [0, 0.05) is 19.5 Å². The Balaban J connectivity index is 1.77. The summed E-state index contributed by atoms with van der Waals surface area (Å²) in [4.78, 5) is 16.1. The van der Waals surface area contributed by atoms with Gasteiger partial charge in [0.25, 0.3) is 5.56 Å². The molecule has 0 aliphatic rings. The number of hydrogen-bond donors (Lipinski definition) is 1. The van der Waals surface area contributed by atoms with Crippen molar-refractivity contribution in [3.8, 4) is 5.75 Å². The van der Waals surface area contributed by atoms with Crippen molar-refractivity contribution in [1.29, 1.82) is 0 Å². The van der Waals surface area contributed by atoms with E-state index in [0.717, 1.165) is 22.4 Å². The first-order valence-electron chi connectivity index (χ1n) is 8.28. The third-order valence-corrected chi connectivity index (χ3v) is 4.14. The van der Waals surface area contributed by atoms with Gasteiger partial charge in [-0.3, -0.25) is 9.36 Å². The average Bonchev–Trinajstić information content (AvgIpc) is 2.65. The molecule has 0 saturated heterocycles. The first-order valence-corrected chi connectivity index (χ1v) is 8.28. The second-order valence-electron chi connectivity index (χ2n) is 6.03. The smallest absolute Gasteiger partial charge is 0.254 e. The lowest BCUT2D eigenvalue weighted by Gasteiger charge is -2.06. The maximum Gasteiger partial charge on any atom is 0.254 e. The van der Waals surface area contributed by atoms with Crippen LogP contribution in [-0.4, -0.2) is 16.7 Å². The highest BCUT2D eigenvalue weighted by Crippen LogP contribution is 2.15. The summed E-state index contributed by atoms with van der Waals surface area (Å²) in [6.07, 6.45) is 4.66. The van der Waals surface area contributed by atoms with Gasteiger partial charge in [0.05, 0.1) is 12.8 Å². The maximum absolute atomic E-state index is 11.8. The van der Waals surface area contributed by atoms with Crippen molar-refractivity contribution in [1.82, 2.24) is 9.55 Å². The van der Waals surface area contributed by atoms with Crippen molar-refractivity contribution >= 4 is 18.1 Å². The molecule has 3 aromatic rings. The number of rotatable bonds is 5. The van der Waals surface area contributed by atoms with E-state index in [1.807, 2.05) is 48.5 Å². The van der Waals surface area contributed by atoms with Crippen LogP contribution in [-0.2, 0) is 13.5 Å². The summed E-state index contributed by atoms with van der Waals surface area (Å²) >= 11 is 0. The Labute approximate surface area is 152 Å². The van der Waals surface area contributed by atoms with Crippen LogP contribution in [0.1, 0.15) is 22.4 Å². The van der Waals surface area contributed by atoms with Crippen LogP contribution < -0.4 is 16.0 Å². The van der Waals surface area contributed by atoms with Crippen LogP contribution in [0.4, 0.5) is 5.95 Å². The van der Waals surface area contributed by atoms with E-state index in [2.05, 4.69) is 17.1 Å².